The minimum Gasteiger partial charge on any atom is -0.497 e. The molecule has 7 nitrogen and oxygen atoms in total. The number of aromatic nitrogens is 2. The van der Waals surface area contributed by atoms with Gasteiger partial charge in [0.1, 0.15) is 10.8 Å². The zero-order valence-corrected chi connectivity index (χ0v) is 13.1. The number of nitrogens with zero attached hydrogens (tertiary/aromatic N) is 2. The molecule has 116 valence electrons. The van der Waals surface area contributed by atoms with Gasteiger partial charge in [0.2, 0.25) is 11.0 Å². The van der Waals surface area contributed by atoms with Crippen molar-refractivity contribution in [3.63, 3.8) is 0 Å². The van der Waals surface area contributed by atoms with Crippen LogP contribution in [-0.2, 0) is 11.2 Å². The summed E-state index contributed by atoms with van der Waals surface area (Å²) in [7, 11) is 1.55. The molecular weight excluding hydrogens is 304 g/mol. The van der Waals surface area contributed by atoms with E-state index in [-0.39, 0.29) is 18.4 Å². The fourth-order valence-electron chi connectivity index (χ4n) is 1.62. The summed E-state index contributed by atoms with van der Waals surface area (Å²) in [6.45, 7) is 1.83. The number of hydrogen-bond acceptors (Lipinski definition) is 6. The lowest BCUT2D eigenvalue weighted by Crippen LogP contribution is -2.32. The summed E-state index contributed by atoms with van der Waals surface area (Å²) in [5.41, 5.74) is 0.456. The number of amides is 2. The van der Waals surface area contributed by atoms with E-state index >= 15 is 0 Å². The Morgan fingerprint density at radius 2 is 1.95 bits per heavy atom. The second-order valence-corrected chi connectivity index (χ2v) is 5.38. The largest absolute Gasteiger partial charge is 0.497 e. The molecule has 0 saturated heterocycles. The van der Waals surface area contributed by atoms with Gasteiger partial charge in [-0.3, -0.25) is 14.9 Å². The van der Waals surface area contributed by atoms with E-state index < -0.39 is 0 Å². The van der Waals surface area contributed by atoms with Crippen LogP contribution in [0.2, 0.25) is 0 Å². The molecule has 0 fully saturated rings. The van der Waals surface area contributed by atoms with Crippen molar-refractivity contribution in [2.75, 3.05) is 19.0 Å². The van der Waals surface area contributed by atoms with Gasteiger partial charge in [0, 0.05) is 5.56 Å². The first-order valence-corrected chi connectivity index (χ1v) is 7.48. The van der Waals surface area contributed by atoms with E-state index in [1.807, 2.05) is 6.92 Å². The highest BCUT2D eigenvalue weighted by atomic mass is 32.1. The first-order chi connectivity index (χ1) is 10.6. The first kappa shape index (κ1) is 15.9. The summed E-state index contributed by atoms with van der Waals surface area (Å²) in [5.74, 6) is -0.0118. The van der Waals surface area contributed by atoms with Crippen molar-refractivity contribution < 1.29 is 14.3 Å². The van der Waals surface area contributed by atoms with Crippen molar-refractivity contribution in [3.05, 3.63) is 34.8 Å². The highest BCUT2D eigenvalue weighted by Gasteiger charge is 2.10. The molecule has 0 aliphatic rings. The van der Waals surface area contributed by atoms with Crippen LogP contribution >= 0.6 is 11.3 Å². The standard InChI is InChI=1S/C14H16N4O3S/c1-3-12-17-18-14(22-12)16-11(19)8-15-13(20)9-4-6-10(21-2)7-5-9/h4-7H,3,8H2,1-2H3,(H,15,20)(H,16,18,19). The Balaban J connectivity index is 1.83. The van der Waals surface area contributed by atoms with Gasteiger partial charge in [-0.2, -0.15) is 0 Å². The lowest BCUT2D eigenvalue weighted by molar-refractivity contribution is -0.115. The number of methoxy groups -OCH3 is 1. The fraction of sp³-hybridized carbons (Fsp3) is 0.286. The third-order valence-electron chi connectivity index (χ3n) is 2.78. The maximum absolute atomic E-state index is 11.9. The summed E-state index contributed by atoms with van der Waals surface area (Å²) in [6.07, 6.45) is 0.766. The van der Waals surface area contributed by atoms with Crippen molar-refractivity contribution >= 4 is 28.3 Å². The van der Waals surface area contributed by atoms with E-state index in [1.54, 1.807) is 31.4 Å². The summed E-state index contributed by atoms with van der Waals surface area (Å²) < 4.78 is 5.02. The number of hydrogen-bond donors (Lipinski definition) is 2. The maximum Gasteiger partial charge on any atom is 0.251 e. The molecular formula is C14H16N4O3S. The average Bonchev–Trinajstić information content (AvgIpc) is 3.00. The average molecular weight is 320 g/mol. The number of aryl methyl sites for hydroxylation is 1. The minimum atomic E-state index is -0.347. The van der Waals surface area contributed by atoms with Crippen LogP contribution in [0.25, 0.3) is 0 Å². The Morgan fingerprint density at radius 3 is 2.55 bits per heavy atom. The van der Waals surface area contributed by atoms with Crippen molar-refractivity contribution in [3.8, 4) is 5.75 Å². The minimum absolute atomic E-state index is 0.133. The second kappa shape index (κ2) is 7.51. The lowest BCUT2D eigenvalue weighted by atomic mass is 10.2. The normalized spacial score (nSPS) is 10.1. The third kappa shape index (κ3) is 4.26. The number of benzene rings is 1. The van der Waals surface area contributed by atoms with Gasteiger partial charge >= 0.3 is 0 Å². The van der Waals surface area contributed by atoms with Crippen LogP contribution in [0.1, 0.15) is 22.3 Å². The summed E-state index contributed by atoms with van der Waals surface area (Å²) in [4.78, 5) is 23.6. The molecule has 22 heavy (non-hydrogen) atoms. The molecule has 2 N–H and O–H groups in total. The zero-order valence-electron chi connectivity index (χ0n) is 12.3. The number of carbonyl (C=O) groups is 2. The molecule has 1 aromatic heterocycles. The molecule has 0 spiro atoms. The molecule has 0 aliphatic carbocycles. The van der Waals surface area contributed by atoms with E-state index in [0.717, 1.165) is 11.4 Å². The molecule has 0 bridgehead atoms. The fourth-order valence-corrected chi connectivity index (χ4v) is 2.31. The molecule has 2 aromatic rings. The number of rotatable bonds is 6. The Kier molecular flexibility index (Phi) is 5.42. The van der Waals surface area contributed by atoms with Crippen LogP contribution in [0, 0.1) is 0 Å². The van der Waals surface area contributed by atoms with Crippen LogP contribution in [-0.4, -0.2) is 35.7 Å². The van der Waals surface area contributed by atoms with Crippen molar-refractivity contribution in [2.24, 2.45) is 0 Å². The topological polar surface area (TPSA) is 93.2 Å². The SMILES string of the molecule is CCc1nnc(NC(=O)CNC(=O)c2ccc(OC)cc2)s1. The van der Waals surface area contributed by atoms with Crippen molar-refractivity contribution in [2.45, 2.75) is 13.3 Å². The Hall–Kier alpha value is -2.48. The highest BCUT2D eigenvalue weighted by molar-refractivity contribution is 7.15. The lowest BCUT2D eigenvalue weighted by Gasteiger charge is -2.05. The molecule has 2 amide bonds. The number of ether oxygens (including phenoxy) is 1. The molecule has 0 aliphatic heterocycles. The molecule has 0 unspecified atom stereocenters. The van der Waals surface area contributed by atoms with Gasteiger partial charge in [-0.05, 0) is 30.7 Å². The van der Waals surface area contributed by atoms with E-state index in [1.165, 1.54) is 11.3 Å². The number of anilines is 1. The first-order valence-electron chi connectivity index (χ1n) is 6.67. The van der Waals surface area contributed by atoms with E-state index in [9.17, 15) is 9.59 Å². The highest BCUT2D eigenvalue weighted by Crippen LogP contribution is 2.15. The van der Waals surface area contributed by atoms with Gasteiger partial charge in [-0.1, -0.05) is 18.3 Å². The molecule has 8 heteroatoms. The smallest absolute Gasteiger partial charge is 0.251 e. The monoisotopic (exact) mass is 320 g/mol. The van der Waals surface area contributed by atoms with E-state index in [2.05, 4.69) is 20.8 Å². The molecule has 1 heterocycles. The predicted octanol–water partition coefficient (Wildman–Crippen LogP) is 1.48. The Labute approximate surface area is 131 Å². The molecule has 0 radical (unpaired) electrons. The van der Waals surface area contributed by atoms with Crippen LogP contribution in [0.3, 0.4) is 0 Å². The van der Waals surface area contributed by atoms with E-state index in [0.29, 0.717) is 16.4 Å². The maximum atomic E-state index is 11.9. The van der Waals surface area contributed by atoms with Gasteiger partial charge in [0.15, 0.2) is 0 Å². The molecule has 1 aromatic carbocycles. The van der Waals surface area contributed by atoms with Crippen LogP contribution < -0.4 is 15.4 Å². The molecule has 2 rings (SSSR count). The zero-order chi connectivity index (χ0) is 15.9. The van der Waals surface area contributed by atoms with Crippen LogP contribution in [0.4, 0.5) is 5.13 Å². The van der Waals surface area contributed by atoms with Crippen molar-refractivity contribution in [1.29, 1.82) is 0 Å². The van der Waals surface area contributed by atoms with E-state index in [4.69, 9.17) is 4.74 Å². The summed E-state index contributed by atoms with van der Waals surface area (Å²) in [6, 6.07) is 6.62. The quantitative estimate of drug-likeness (QED) is 0.841. The van der Waals surface area contributed by atoms with Gasteiger partial charge in [0.25, 0.3) is 5.91 Å². The Bertz CT molecular complexity index is 654. The number of carbonyl (C=O) groups excluding carboxylic acids is 2. The number of nitrogens with one attached hydrogen (secondary N) is 2. The van der Waals surface area contributed by atoms with Gasteiger partial charge in [-0.15, -0.1) is 10.2 Å². The second-order valence-electron chi connectivity index (χ2n) is 4.31. The molecule has 0 saturated carbocycles. The van der Waals surface area contributed by atoms with Gasteiger partial charge < -0.3 is 10.1 Å². The van der Waals surface area contributed by atoms with Gasteiger partial charge in [-0.25, -0.2) is 0 Å². The van der Waals surface area contributed by atoms with Crippen molar-refractivity contribution in [1.82, 2.24) is 15.5 Å². The predicted molar refractivity (Wildman–Crippen MR) is 83.2 cm³/mol. The summed E-state index contributed by atoms with van der Waals surface area (Å²) >= 11 is 1.32. The van der Waals surface area contributed by atoms with Crippen LogP contribution in [0.15, 0.2) is 24.3 Å². The Morgan fingerprint density at radius 1 is 1.23 bits per heavy atom. The van der Waals surface area contributed by atoms with Gasteiger partial charge in [0.05, 0.1) is 13.7 Å². The molecule has 0 atom stereocenters. The summed E-state index contributed by atoms with van der Waals surface area (Å²) in [5, 5.41) is 14.2. The third-order valence-corrected chi connectivity index (χ3v) is 3.76. The van der Waals surface area contributed by atoms with Crippen LogP contribution in [0.5, 0.6) is 5.75 Å².